The first-order chi connectivity index (χ1) is 7.31. The lowest BCUT2D eigenvalue weighted by Gasteiger charge is -2.20. The van der Waals surface area contributed by atoms with E-state index in [1.165, 1.54) is 12.8 Å². The van der Waals surface area contributed by atoms with E-state index < -0.39 is 0 Å². The number of nitrogens with two attached hydrogens (primary N) is 1. The van der Waals surface area contributed by atoms with Crippen molar-refractivity contribution in [2.45, 2.75) is 37.5 Å². The maximum atomic E-state index is 5.77. The van der Waals surface area contributed by atoms with Gasteiger partial charge in [0.25, 0.3) is 0 Å². The van der Waals surface area contributed by atoms with Crippen LogP contribution in [0.3, 0.4) is 0 Å². The molecule has 1 aromatic rings. The summed E-state index contributed by atoms with van der Waals surface area (Å²) in [6, 6.07) is 4.24. The van der Waals surface area contributed by atoms with E-state index in [0.29, 0.717) is 24.1 Å². The number of hydrogen-bond acceptors (Lipinski definition) is 4. The summed E-state index contributed by atoms with van der Waals surface area (Å²) in [5.74, 6) is 0.560. The molecule has 3 atom stereocenters. The lowest BCUT2D eigenvalue weighted by atomic mass is 9.95. The number of nitrogens with zero attached hydrogens (tertiary/aromatic N) is 1. The minimum absolute atomic E-state index is 0.396. The van der Waals surface area contributed by atoms with Gasteiger partial charge in [0.15, 0.2) is 0 Å². The van der Waals surface area contributed by atoms with Crippen molar-refractivity contribution >= 4 is 11.5 Å². The zero-order valence-corrected chi connectivity index (χ0v) is 8.52. The third-order valence-corrected chi connectivity index (χ3v) is 3.24. The molecule has 0 amide bonds. The second-order valence-electron chi connectivity index (χ2n) is 4.33. The highest BCUT2D eigenvalue weighted by Gasteiger charge is 2.40. The first kappa shape index (κ1) is 8.97. The van der Waals surface area contributed by atoms with Gasteiger partial charge in [0, 0.05) is 0 Å². The molecule has 0 aliphatic carbocycles. The first-order valence-electron chi connectivity index (χ1n) is 5.45. The molecule has 3 N–H and O–H groups in total. The smallest absolute Gasteiger partial charge is 0.123 e. The van der Waals surface area contributed by atoms with E-state index in [2.05, 4.69) is 10.3 Å². The molecule has 2 fully saturated rings. The number of fused-ring (bicyclic) bond motifs is 2. The van der Waals surface area contributed by atoms with Crippen LogP contribution in [0.25, 0.3) is 0 Å². The van der Waals surface area contributed by atoms with Crippen molar-refractivity contribution < 1.29 is 4.74 Å². The van der Waals surface area contributed by atoms with E-state index in [4.69, 9.17) is 10.5 Å². The molecule has 1 aromatic heterocycles. The summed E-state index contributed by atoms with van der Waals surface area (Å²) in [7, 11) is 0. The highest BCUT2D eigenvalue weighted by atomic mass is 16.5. The number of ether oxygens (including phenoxy) is 1. The van der Waals surface area contributed by atoms with Crippen molar-refractivity contribution in [3.63, 3.8) is 0 Å². The average Bonchev–Trinajstić information content (AvgIpc) is 2.83. The second-order valence-corrected chi connectivity index (χ2v) is 4.33. The van der Waals surface area contributed by atoms with E-state index >= 15 is 0 Å². The third kappa shape index (κ3) is 1.65. The van der Waals surface area contributed by atoms with Crippen LogP contribution in [0.4, 0.5) is 11.5 Å². The van der Waals surface area contributed by atoms with Gasteiger partial charge in [0.1, 0.15) is 5.82 Å². The minimum atomic E-state index is 0.396. The van der Waals surface area contributed by atoms with Gasteiger partial charge in [0.2, 0.25) is 0 Å². The Morgan fingerprint density at radius 3 is 2.93 bits per heavy atom. The van der Waals surface area contributed by atoms with Gasteiger partial charge in [0.05, 0.1) is 30.1 Å². The number of hydrogen-bond donors (Lipinski definition) is 2. The molecule has 3 heterocycles. The van der Waals surface area contributed by atoms with Gasteiger partial charge in [-0.25, -0.2) is 4.98 Å². The van der Waals surface area contributed by atoms with Crippen LogP contribution >= 0.6 is 0 Å². The van der Waals surface area contributed by atoms with Crippen LogP contribution in [0.5, 0.6) is 0 Å². The Bertz CT molecular complexity index is 351. The molecule has 0 radical (unpaired) electrons. The summed E-state index contributed by atoms with van der Waals surface area (Å²) in [6.07, 6.45) is 6.19. The Morgan fingerprint density at radius 2 is 2.33 bits per heavy atom. The Labute approximate surface area is 88.8 Å². The largest absolute Gasteiger partial charge is 0.384 e. The summed E-state index contributed by atoms with van der Waals surface area (Å²) in [5.41, 5.74) is 6.56. The zero-order valence-electron chi connectivity index (χ0n) is 8.52. The summed E-state index contributed by atoms with van der Waals surface area (Å²) in [5, 5.41) is 3.46. The van der Waals surface area contributed by atoms with E-state index in [-0.39, 0.29) is 0 Å². The number of rotatable bonds is 2. The fourth-order valence-electron chi connectivity index (χ4n) is 2.49. The second kappa shape index (κ2) is 3.38. The summed E-state index contributed by atoms with van der Waals surface area (Å²) in [4.78, 5) is 4.06. The van der Waals surface area contributed by atoms with Crippen LogP contribution in [0.1, 0.15) is 19.3 Å². The molecule has 0 spiro atoms. The van der Waals surface area contributed by atoms with Crippen molar-refractivity contribution in [3.05, 3.63) is 18.3 Å². The Hall–Kier alpha value is -1.29. The molecule has 0 aromatic carbocycles. The van der Waals surface area contributed by atoms with Crippen molar-refractivity contribution in [3.8, 4) is 0 Å². The normalized spacial score (nSPS) is 33.2. The van der Waals surface area contributed by atoms with Crippen molar-refractivity contribution in [2.24, 2.45) is 0 Å². The van der Waals surface area contributed by atoms with Crippen molar-refractivity contribution in [2.75, 3.05) is 11.1 Å². The maximum absolute atomic E-state index is 5.77. The monoisotopic (exact) mass is 205 g/mol. The van der Waals surface area contributed by atoms with Crippen LogP contribution in [0.2, 0.25) is 0 Å². The number of nitrogens with one attached hydrogen (secondary N) is 1. The Kier molecular flexibility index (Phi) is 2.02. The predicted octanol–water partition coefficient (Wildman–Crippen LogP) is 1.40. The number of nitrogen functional groups attached to an aromatic ring is 1. The maximum Gasteiger partial charge on any atom is 0.123 e. The molecular formula is C11H15N3O. The first-order valence-corrected chi connectivity index (χ1v) is 5.45. The molecule has 2 aliphatic heterocycles. The van der Waals surface area contributed by atoms with Crippen molar-refractivity contribution in [1.29, 1.82) is 0 Å². The molecule has 4 nitrogen and oxygen atoms in total. The standard InChI is InChI=1S/C11H15N3O/c12-11-4-1-7(6-13-11)14-9-5-8-2-3-10(9)15-8/h1,4,6,8-10,14H,2-3,5H2,(H2,12,13). The topological polar surface area (TPSA) is 60.2 Å². The fourth-order valence-corrected chi connectivity index (χ4v) is 2.49. The number of pyridine rings is 1. The van der Waals surface area contributed by atoms with Gasteiger partial charge < -0.3 is 15.8 Å². The molecule has 2 aliphatic rings. The molecule has 15 heavy (non-hydrogen) atoms. The van der Waals surface area contributed by atoms with Crippen LogP contribution in [0, 0.1) is 0 Å². The van der Waals surface area contributed by atoms with Gasteiger partial charge in [-0.1, -0.05) is 0 Å². The lowest BCUT2D eigenvalue weighted by molar-refractivity contribution is 0.102. The summed E-state index contributed by atoms with van der Waals surface area (Å²) in [6.45, 7) is 0. The van der Waals surface area contributed by atoms with Gasteiger partial charge in [-0.2, -0.15) is 0 Å². The molecule has 2 bridgehead atoms. The van der Waals surface area contributed by atoms with E-state index in [1.807, 2.05) is 12.1 Å². The average molecular weight is 205 g/mol. The molecule has 3 rings (SSSR count). The minimum Gasteiger partial charge on any atom is -0.384 e. The molecule has 0 saturated carbocycles. The van der Waals surface area contributed by atoms with Crippen LogP contribution < -0.4 is 11.1 Å². The SMILES string of the molecule is Nc1ccc(NC2CC3CCC2O3)cn1. The van der Waals surface area contributed by atoms with Gasteiger partial charge >= 0.3 is 0 Å². The number of anilines is 2. The molecule has 3 unspecified atom stereocenters. The summed E-state index contributed by atoms with van der Waals surface area (Å²) < 4.78 is 5.77. The summed E-state index contributed by atoms with van der Waals surface area (Å²) >= 11 is 0. The molecule has 80 valence electrons. The van der Waals surface area contributed by atoms with E-state index in [0.717, 1.165) is 12.1 Å². The van der Waals surface area contributed by atoms with E-state index in [9.17, 15) is 0 Å². The third-order valence-electron chi connectivity index (χ3n) is 3.24. The van der Waals surface area contributed by atoms with Crippen LogP contribution in [-0.2, 0) is 4.74 Å². The van der Waals surface area contributed by atoms with Crippen LogP contribution in [-0.4, -0.2) is 23.2 Å². The molecular weight excluding hydrogens is 190 g/mol. The van der Waals surface area contributed by atoms with Gasteiger partial charge in [-0.3, -0.25) is 0 Å². The highest BCUT2D eigenvalue weighted by molar-refractivity contribution is 5.46. The van der Waals surface area contributed by atoms with Crippen LogP contribution in [0.15, 0.2) is 18.3 Å². The van der Waals surface area contributed by atoms with Gasteiger partial charge in [-0.15, -0.1) is 0 Å². The quantitative estimate of drug-likeness (QED) is 0.766. The molecule has 2 saturated heterocycles. The van der Waals surface area contributed by atoms with Crippen molar-refractivity contribution in [1.82, 2.24) is 4.98 Å². The number of aromatic nitrogens is 1. The molecule has 4 heteroatoms. The Morgan fingerprint density at radius 1 is 1.40 bits per heavy atom. The van der Waals surface area contributed by atoms with Gasteiger partial charge in [-0.05, 0) is 31.4 Å². The predicted molar refractivity (Wildman–Crippen MR) is 58.6 cm³/mol. The zero-order chi connectivity index (χ0) is 10.3. The highest BCUT2D eigenvalue weighted by Crippen LogP contribution is 2.35. The fraction of sp³-hybridized carbons (Fsp3) is 0.545. The Balaban J connectivity index is 1.68. The lowest BCUT2D eigenvalue weighted by Crippen LogP contribution is -2.30. The van der Waals surface area contributed by atoms with E-state index in [1.54, 1.807) is 6.20 Å².